The van der Waals surface area contributed by atoms with Gasteiger partial charge in [-0.15, -0.1) is 0 Å². The van der Waals surface area contributed by atoms with Crippen LogP contribution in [0.25, 0.3) is 22.3 Å². The number of fused-ring (bicyclic) bond motifs is 1. The second kappa shape index (κ2) is 3.79. The van der Waals surface area contributed by atoms with Gasteiger partial charge in [0.15, 0.2) is 0 Å². The first-order valence-corrected chi connectivity index (χ1v) is 5.12. The fourth-order valence-electron chi connectivity index (χ4n) is 1.64. The van der Waals surface area contributed by atoms with Crippen molar-refractivity contribution in [3.8, 4) is 11.4 Å². The van der Waals surface area contributed by atoms with Crippen molar-refractivity contribution >= 4 is 16.7 Å². The third kappa shape index (κ3) is 1.67. The van der Waals surface area contributed by atoms with Crippen molar-refractivity contribution in [1.29, 1.82) is 0 Å². The fraction of sp³-hybridized carbons (Fsp3) is 0. The minimum absolute atomic E-state index is 0.424. The van der Waals surface area contributed by atoms with Crippen LogP contribution in [-0.4, -0.2) is 19.9 Å². The zero-order valence-corrected chi connectivity index (χ0v) is 8.91. The van der Waals surface area contributed by atoms with Crippen LogP contribution in [0.4, 0.5) is 5.82 Å². The van der Waals surface area contributed by atoms with Crippen molar-refractivity contribution in [3.05, 3.63) is 43.0 Å². The largest absolute Gasteiger partial charge is 0.382 e. The lowest BCUT2D eigenvalue weighted by Gasteiger charge is -2.03. The summed E-state index contributed by atoms with van der Waals surface area (Å²) < 4.78 is 0. The Kier molecular flexibility index (Phi) is 2.15. The molecule has 3 aromatic rings. The molecule has 17 heavy (non-hydrogen) atoms. The van der Waals surface area contributed by atoms with Crippen LogP contribution in [0.3, 0.4) is 0 Å². The molecule has 0 bridgehead atoms. The number of aromatic nitrogens is 4. The van der Waals surface area contributed by atoms with Crippen LogP contribution in [0.1, 0.15) is 0 Å². The van der Waals surface area contributed by atoms with E-state index >= 15 is 0 Å². The molecule has 82 valence electrons. The first-order valence-electron chi connectivity index (χ1n) is 5.12. The molecule has 3 rings (SSSR count). The zero-order valence-electron chi connectivity index (χ0n) is 8.91. The third-order valence-electron chi connectivity index (χ3n) is 2.46. The van der Waals surface area contributed by atoms with E-state index in [0.717, 1.165) is 16.8 Å². The molecule has 3 heterocycles. The molecule has 0 saturated heterocycles. The molecule has 2 N–H and O–H groups in total. The van der Waals surface area contributed by atoms with E-state index in [-0.39, 0.29) is 0 Å². The normalized spacial score (nSPS) is 10.6. The Hall–Kier alpha value is -2.56. The number of rotatable bonds is 1. The van der Waals surface area contributed by atoms with Gasteiger partial charge in [-0.1, -0.05) is 6.07 Å². The van der Waals surface area contributed by atoms with Crippen LogP contribution in [0.2, 0.25) is 0 Å². The molecule has 0 atom stereocenters. The van der Waals surface area contributed by atoms with Crippen LogP contribution >= 0.6 is 0 Å². The number of nitrogen functional groups attached to an aromatic ring is 1. The summed E-state index contributed by atoms with van der Waals surface area (Å²) in [5, 5.41) is 0.963. The summed E-state index contributed by atoms with van der Waals surface area (Å²) in [6.45, 7) is 0. The standard InChI is InChI=1S/C12H9N5/c13-12-11-8(3-4-16-12)1-2-9(17-11)10-7-14-5-6-15-10/h1-7H,(H2,13,16). The van der Waals surface area contributed by atoms with E-state index < -0.39 is 0 Å². The summed E-state index contributed by atoms with van der Waals surface area (Å²) >= 11 is 0. The SMILES string of the molecule is Nc1nccc2ccc(-c3cnccn3)nc12. The lowest BCUT2D eigenvalue weighted by atomic mass is 10.2. The summed E-state index contributed by atoms with van der Waals surface area (Å²) in [4.78, 5) is 16.7. The number of anilines is 1. The highest BCUT2D eigenvalue weighted by Crippen LogP contribution is 2.20. The van der Waals surface area contributed by atoms with E-state index in [0.29, 0.717) is 11.3 Å². The molecule has 0 aliphatic carbocycles. The van der Waals surface area contributed by atoms with Crippen LogP contribution in [0.15, 0.2) is 43.0 Å². The molecular weight excluding hydrogens is 214 g/mol. The van der Waals surface area contributed by atoms with Crippen molar-refractivity contribution in [2.45, 2.75) is 0 Å². The Labute approximate surface area is 97.4 Å². The Balaban J connectivity index is 2.23. The summed E-state index contributed by atoms with van der Waals surface area (Å²) in [5.74, 6) is 0.424. The predicted octanol–water partition coefficient (Wildman–Crippen LogP) is 1.67. The number of hydrogen-bond donors (Lipinski definition) is 1. The second-order valence-electron chi connectivity index (χ2n) is 3.56. The highest BCUT2D eigenvalue weighted by molar-refractivity contribution is 5.88. The first-order chi connectivity index (χ1) is 8.34. The Bertz CT molecular complexity index is 666. The van der Waals surface area contributed by atoms with E-state index in [9.17, 15) is 0 Å². The smallest absolute Gasteiger partial charge is 0.149 e. The Morgan fingerprint density at radius 3 is 2.65 bits per heavy atom. The molecule has 0 unspecified atom stereocenters. The number of nitrogens with two attached hydrogens (primary N) is 1. The zero-order chi connectivity index (χ0) is 11.7. The van der Waals surface area contributed by atoms with Crippen molar-refractivity contribution in [1.82, 2.24) is 19.9 Å². The van der Waals surface area contributed by atoms with Crippen molar-refractivity contribution in [2.24, 2.45) is 0 Å². The van der Waals surface area contributed by atoms with E-state index in [2.05, 4.69) is 19.9 Å². The molecular formula is C12H9N5. The van der Waals surface area contributed by atoms with Gasteiger partial charge in [0.25, 0.3) is 0 Å². The lowest BCUT2D eigenvalue weighted by molar-refractivity contribution is 1.18. The van der Waals surface area contributed by atoms with E-state index in [1.807, 2.05) is 18.2 Å². The summed E-state index contributed by atoms with van der Waals surface area (Å²) in [5.41, 5.74) is 7.95. The average Bonchev–Trinajstić information content (AvgIpc) is 2.40. The lowest BCUT2D eigenvalue weighted by Crippen LogP contribution is -1.95. The molecule has 5 heteroatoms. The van der Waals surface area contributed by atoms with Crippen molar-refractivity contribution in [2.75, 3.05) is 5.73 Å². The highest BCUT2D eigenvalue weighted by Gasteiger charge is 2.05. The molecule has 0 aliphatic heterocycles. The first kappa shape index (κ1) is 9.65. The second-order valence-corrected chi connectivity index (χ2v) is 3.56. The molecule has 0 fully saturated rings. The van der Waals surface area contributed by atoms with Gasteiger partial charge in [0.05, 0.1) is 11.9 Å². The fourth-order valence-corrected chi connectivity index (χ4v) is 1.64. The number of nitrogens with zero attached hydrogens (tertiary/aromatic N) is 4. The number of pyridine rings is 2. The summed E-state index contributed by atoms with van der Waals surface area (Å²) in [6.07, 6.45) is 6.59. The van der Waals surface area contributed by atoms with Crippen LogP contribution in [0, 0.1) is 0 Å². The Morgan fingerprint density at radius 1 is 0.882 bits per heavy atom. The van der Waals surface area contributed by atoms with Gasteiger partial charge >= 0.3 is 0 Å². The summed E-state index contributed by atoms with van der Waals surface area (Å²) in [6, 6.07) is 5.72. The molecule has 0 aliphatic rings. The van der Waals surface area contributed by atoms with Crippen LogP contribution in [-0.2, 0) is 0 Å². The van der Waals surface area contributed by atoms with E-state index in [4.69, 9.17) is 5.73 Å². The molecule has 0 spiro atoms. The minimum Gasteiger partial charge on any atom is -0.382 e. The van der Waals surface area contributed by atoms with Gasteiger partial charge in [-0.2, -0.15) is 0 Å². The maximum atomic E-state index is 5.79. The predicted molar refractivity (Wildman–Crippen MR) is 65.0 cm³/mol. The van der Waals surface area contributed by atoms with E-state index in [1.54, 1.807) is 24.8 Å². The molecule has 0 saturated carbocycles. The average molecular weight is 223 g/mol. The van der Waals surface area contributed by atoms with Gasteiger partial charge in [-0.05, 0) is 12.1 Å². The van der Waals surface area contributed by atoms with Crippen LogP contribution < -0.4 is 5.73 Å². The van der Waals surface area contributed by atoms with Gasteiger partial charge in [0.1, 0.15) is 17.0 Å². The molecule has 0 radical (unpaired) electrons. The monoisotopic (exact) mass is 223 g/mol. The van der Waals surface area contributed by atoms with Crippen LogP contribution in [0.5, 0.6) is 0 Å². The minimum atomic E-state index is 0.424. The van der Waals surface area contributed by atoms with E-state index in [1.165, 1.54) is 0 Å². The number of hydrogen-bond acceptors (Lipinski definition) is 5. The molecule has 0 amide bonds. The van der Waals surface area contributed by atoms with Gasteiger partial charge in [-0.3, -0.25) is 9.97 Å². The maximum Gasteiger partial charge on any atom is 0.149 e. The van der Waals surface area contributed by atoms with Gasteiger partial charge in [0.2, 0.25) is 0 Å². The maximum absolute atomic E-state index is 5.79. The molecule has 5 nitrogen and oxygen atoms in total. The van der Waals surface area contributed by atoms with Gasteiger partial charge in [-0.25, -0.2) is 9.97 Å². The topological polar surface area (TPSA) is 77.6 Å². The van der Waals surface area contributed by atoms with Gasteiger partial charge < -0.3 is 5.73 Å². The Morgan fingerprint density at radius 2 is 1.82 bits per heavy atom. The quantitative estimate of drug-likeness (QED) is 0.679. The van der Waals surface area contributed by atoms with Gasteiger partial charge in [0, 0.05) is 24.0 Å². The third-order valence-corrected chi connectivity index (χ3v) is 2.46. The summed E-state index contributed by atoms with van der Waals surface area (Å²) in [7, 11) is 0. The molecule has 0 aromatic carbocycles. The van der Waals surface area contributed by atoms with Crippen molar-refractivity contribution < 1.29 is 0 Å². The highest BCUT2D eigenvalue weighted by atomic mass is 14.9. The molecule has 3 aromatic heterocycles. The van der Waals surface area contributed by atoms with Crippen molar-refractivity contribution in [3.63, 3.8) is 0 Å².